The summed E-state index contributed by atoms with van der Waals surface area (Å²) in [6, 6.07) is 2.93. The summed E-state index contributed by atoms with van der Waals surface area (Å²) in [6.45, 7) is 10.1. The Morgan fingerprint density at radius 1 is 0.887 bits per heavy atom. The number of benzene rings is 1. The van der Waals surface area contributed by atoms with Crippen molar-refractivity contribution in [2.75, 3.05) is 57.4 Å². The summed E-state index contributed by atoms with van der Waals surface area (Å²) in [5.74, 6) is -4.23. The molecule has 0 amide bonds. The van der Waals surface area contributed by atoms with Gasteiger partial charge in [-0.15, -0.1) is 0 Å². The molecule has 3 heterocycles. The number of carbonyl (C=O) groups excluding carboxylic acids is 5. The van der Waals surface area contributed by atoms with Crippen molar-refractivity contribution in [1.82, 2.24) is 9.47 Å². The predicted molar refractivity (Wildman–Crippen MR) is 183 cm³/mol. The molecule has 288 valence electrons. The smallest absolute Gasteiger partial charge is 0.343 e. The minimum Gasteiger partial charge on any atom is -0.463 e. The van der Waals surface area contributed by atoms with Crippen molar-refractivity contribution in [3.63, 3.8) is 0 Å². The van der Waals surface area contributed by atoms with Crippen LogP contribution in [0, 0.1) is 5.82 Å². The lowest BCUT2D eigenvalue weighted by Crippen LogP contribution is -2.63. The number of rotatable bonds is 14. The Bertz CT molecular complexity index is 1790. The van der Waals surface area contributed by atoms with Crippen molar-refractivity contribution in [1.29, 1.82) is 0 Å². The molecule has 3 fully saturated rings. The highest BCUT2D eigenvalue weighted by molar-refractivity contribution is 5.94. The molecule has 16 nitrogen and oxygen atoms in total. The average Bonchev–Trinajstić information content (AvgIpc) is 3.94. The van der Waals surface area contributed by atoms with Gasteiger partial charge >= 0.3 is 29.8 Å². The van der Waals surface area contributed by atoms with Gasteiger partial charge < -0.3 is 42.6 Å². The number of piperazine rings is 1. The van der Waals surface area contributed by atoms with Gasteiger partial charge in [-0.3, -0.25) is 28.9 Å². The molecule has 0 radical (unpaired) electrons. The molecule has 2 aliphatic heterocycles. The van der Waals surface area contributed by atoms with E-state index < -0.39 is 71.8 Å². The quantitative estimate of drug-likeness (QED) is 0.156. The standard InChI is InChI=1S/C36H44FN3O13/c1-6-14-47-35(46)26-18-40(24-7-8-24)28-17-29(27(37)16-25(28)31(26)45)39-11-9-38(10-12-39)13-15-48-36-34(52-23(5)44)33(51-22(4)43)32(50-21(3)42)30(53-36)19-49-20(2)41/h6,16-18,24,30,32-34,36H,1,7-15,19H2,2-5H3/t30-,32-,33+,34-,36-/m1/s1. The zero-order valence-corrected chi connectivity index (χ0v) is 30.1. The molecule has 0 spiro atoms. The Morgan fingerprint density at radius 2 is 1.53 bits per heavy atom. The van der Waals surface area contributed by atoms with Crippen molar-refractivity contribution >= 4 is 46.4 Å². The van der Waals surface area contributed by atoms with Crippen LogP contribution in [0.15, 0.2) is 35.8 Å². The SMILES string of the molecule is C=CCOC(=O)c1cn(C2CC2)c2cc(N3CCN(CCO[C@@H]4O[C@H](COC(C)=O)[C@@H](OC(C)=O)[C@H](OC(C)=O)[C@H]4OC(C)=O)CC3)c(F)cc2c1=O. The predicted octanol–water partition coefficient (Wildman–Crippen LogP) is 2.04. The van der Waals surface area contributed by atoms with E-state index in [1.165, 1.54) is 25.3 Å². The number of hydrogen-bond acceptors (Lipinski definition) is 15. The number of carbonyl (C=O) groups is 5. The second-order valence-corrected chi connectivity index (χ2v) is 13.0. The molecule has 0 N–H and O–H groups in total. The Kier molecular flexibility index (Phi) is 12.8. The molecule has 0 unspecified atom stereocenters. The number of pyridine rings is 1. The lowest BCUT2D eigenvalue weighted by molar-refractivity contribution is -0.308. The van der Waals surface area contributed by atoms with Crippen LogP contribution in [0.5, 0.6) is 0 Å². The molecule has 5 rings (SSSR count). The first kappa shape index (κ1) is 39.3. The third kappa shape index (κ3) is 9.77. The van der Waals surface area contributed by atoms with E-state index in [2.05, 4.69) is 11.5 Å². The Hall–Kier alpha value is -4.87. The van der Waals surface area contributed by atoms with E-state index in [0.29, 0.717) is 43.9 Å². The van der Waals surface area contributed by atoms with E-state index in [-0.39, 0.29) is 36.8 Å². The maximum atomic E-state index is 15.7. The lowest BCUT2D eigenvalue weighted by Gasteiger charge is -2.44. The van der Waals surface area contributed by atoms with Crippen LogP contribution in [0.3, 0.4) is 0 Å². The zero-order chi connectivity index (χ0) is 38.4. The molecule has 3 aliphatic rings. The van der Waals surface area contributed by atoms with Crippen molar-refractivity contribution in [3.8, 4) is 0 Å². The molecule has 5 atom stereocenters. The average molecular weight is 746 g/mol. The van der Waals surface area contributed by atoms with Crippen LogP contribution in [-0.2, 0) is 52.3 Å². The highest BCUT2D eigenvalue weighted by atomic mass is 19.1. The third-order valence-corrected chi connectivity index (χ3v) is 8.94. The maximum absolute atomic E-state index is 15.7. The fourth-order valence-electron chi connectivity index (χ4n) is 6.45. The van der Waals surface area contributed by atoms with Crippen LogP contribution < -0.4 is 10.3 Å². The van der Waals surface area contributed by atoms with E-state index in [1.807, 2.05) is 9.47 Å². The van der Waals surface area contributed by atoms with Gasteiger partial charge in [-0.1, -0.05) is 12.7 Å². The highest BCUT2D eigenvalue weighted by Gasteiger charge is 2.52. The maximum Gasteiger partial charge on any atom is 0.343 e. The fraction of sp³-hybridized carbons (Fsp3) is 0.556. The third-order valence-electron chi connectivity index (χ3n) is 8.94. The summed E-state index contributed by atoms with van der Waals surface area (Å²) in [6.07, 6.45) is -1.75. The van der Waals surface area contributed by atoms with Gasteiger partial charge in [0.25, 0.3) is 0 Å². The van der Waals surface area contributed by atoms with Crippen LogP contribution in [0.1, 0.15) is 56.9 Å². The van der Waals surface area contributed by atoms with Crippen LogP contribution in [-0.4, -0.2) is 123 Å². The van der Waals surface area contributed by atoms with Gasteiger partial charge in [-0.2, -0.15) is 0 Å². The number of ether oxygens (including phenoxy) is 7. The van der Waals surface area contributed by atoms with Crippen molar-refractivity contribution in [2.45, 2.75) is 77.3 Å². The molecule has 1 aliphatic carbocycles. The topological polar surface area (TPSA) is 178 Å². The van der Waals surface area contributed by atoms with Gasteiger partial charge in [0.1, 0.15) is 30.7 Å². The molecule has 53 heavy (non-hydrogen) atoms. The minimum absolute atomic E-state index is 0.0545. The van der Waals surface area contributed by atoms with E-state index in [1.54, 1.807) is 6.07 Å². The minimum atomic E-state index is -1.34. The molecule has 1 aromatic heterocycles. The summed E-state index contributed by atoms with van der Waals surface area (Å²) in [4.78, 5) is 77.6. The largest absolute Gasteiger partial charge is 0.463 e. The number of anilines is 1. The van der Waals surface area contributed by atoms with Crippen LogP contribution in [0.4, 0.5) is 10.1 Å². The lowest BCUT2D eigenvalue weighted by atomic mass is 9.98. The number of halogens is 1. The molecule has 2 aromatic rings. The van der Waals surface area contributed by atoms with Crippen LogP contribution in [0.2, 0.25) is 0 Å². The van der Waals surface area contributed by atoms with Crippen molar-refractivity contribution < 1.29 is 61.5 Å². The van der Waals surface area contributed by atoms with Gasteiger partial charge in [-0.25, -0.2) is 9.18 Å². The van der Waals surface area contributed by atoms with Gasteiger partial charge in [0.05, 0.1) is 17.8 Å². The fourth-order valence-corrected chi connectivity index (χ4v) is 6.45. The van der Waals surface area contributed by atoms with Gasteiger partial charge in [0, 0.05) is 78.0 Å². The molecule has 17 heteroatoms. The first-order valence-corrected chi connectivity index (χ1v) is 17.3. The van der Waals surface area contributed by atoms with Gasteiger partial charge in [0.2, 0.25) is 5.43 Å². The zero-order valence-electron chi connectivity index (χ0n) is 30.1. The highest BCUT2D eigenvalue weighted by Crippen LogP contribution is 2.38. The first-order valence-electron chi connectivity index (χ1n) is 17.3. The second kappa shape index (κ2) is 17.3. The second-order valence-electron chi connectivity index (χ2n) is 13.0. The molecular weight excluding hydrogens is 701 g/mol. The van der Waals surface area contributed by atoms with E-state index >= 15 is 4.39 Å². The number of fused-ring (bicyclic) bond motifs is 1. The van der Waals surface area contributed by atoms with Crippen LogP contribution >= 0.6 is 0 Å². The Morgan fingerprint density at radius 3 is 2.13 bits per heavy atom. The summed E-state index contributed by atoms with van der Waals surface area (Å²) in [7, 11) is 0. The van der Waals surface area contributed by atoms with Gasteiger partial charge in [-0.05, 0) is 25.0 Å². The molecule has 1 saturated carbocycles. The van der Waals surface area contributed by atoms with Crippen molar-refractivity contribution in [3.05, 3.63) is 52.6 Å². The molecule has 2 saturated heterocycles. The normalized spacial score (nSPS) is 23.2. The summed E-state index contributed by atoms with van der Waals surface area (Å²) >= 11 is 0. The van der Waals surface area contributed by atoms with E-state index in [9.17, 15) is 28.8 Å². The summed E-state index contributed by atoms with van der Waals surface area (Å²) in [5, 5.41) is 0.101. The monoisotopic (exact) mass is 745 g/mol. The van der Waals surface area contributed by atoms with Crippen LogP contribution in [0.25, 0.3) is 10.9 Å². The molecule has 1 aromatic carbocycles. The van der Waals surface area contributed by atoms with Crippen molar-refractivity contribution in [2.24, 2.45) is 0 Å². The molecule has 0 bridgehead atoms. The van der Waals surface area contributed by atoms with E-state index in [4.69, 9.17) is 33.2 Å². The van der Waals surface area contributed by atoms with E-state index in [0.717, 1.165) is 33.6 Å². The summed E-state index contributed by atoms with van der Waals surface area (Å²) in [5.41, 5.74) is 0.118. The summed E-state index contributed by atoms with van der Waals surface area (Å²) < 4.78 is 56.0. The Balaban J connectivity index is 1.26. The number of esters is 5. The number of aromatic nitrogens is 1. The number of nitrogens with zero attached hydrogens (tertiary/aromatic N) is 3. The molecular formula is C36H44FN3O13. The first-order chi connectivity index (χ1) is 25.3. The Labute approximate surface area is 304 Å². The number of hydrogen-bond donors (Lipinski definition) is 0. The van der Waals surface area contributed by atoms with Gasteiger partial charge in [0.15, 0.2) is 24.6 Å².